The second kappa shape index (κ2) is 6.48. The zero-order valence-electron chi connectivity index (χ0n) is 18.2. The number of anilines is 2. The van der Waals surface area contributed by atoms with Crippen LogP contribution >= 0.6 is 0 Å². The molecule has 0 aromatic heterocycles. The molecule has 168 valence electrons. The lowest BCUT2D eigenvalue weighted by molar-refractivity contribution is -0.384. The van der Waals surface area contributed by atoms with Gasteiger partial charge in [0.15, 0.2) is 0 Å². The molecule has 4 heterocycles. The summed E-state index contributed by atoms with van der Waals surface area (Å²) in [7, 11) is 0. The SMILES string of the molecule is Cc1cc(C)c2c(c1)[C@]1(C(=O)N2)[C@@H]2C(=O)N(c3cccc([N+](=O)[O-])c3)C(=O)[C@H]2[C@H]2CCCN21. The first-order chi connectivity index (χ1) is 15.8. The van der Waals surface area contributed by atoms with Crippen LogP contribution < -0.4 is 10.2 Å². The lowest BCUT2D eigenvalue weighted by atomic mass is 9.75. The van der Waals surface area contributed by atoms with Crippen LogP contribution in [0.15, 0.2) is 36.4 Å². The highest BCUT2D eigenvalue weighted by molar-refractivity contribution is 6.26. The van der Waals surface area contributed by atoms with Gasteiger partial charge in [0.05, 0.1) is 22.4 Å². The van der Waals surface area contributed by atoms with Gasteiger partial charge in [0.2, 0.25) is 17.7 Å². The highest BCUT2D eigenvalue weighted by Gasteiger charge is 2.74. The largest absolute Gasteiger partial charge is 0.324 e. The number of nitro groups is 1. The first-order valence-corrected chi connectivity index (χ1v) is 11.1. The number of nitro benzene ring substituents is 1. The van der Waals surface area contributed by atoms with Crippen molar-refractivity contribution >= 4 is 34.8 Å². The molecule has 0 saturated carbocycles. The smallest absolute Gasteiger partial charge is 0.271 e. The Kier molecular flexibility index (Phi) is 3.93. The summed E-state index contributed by atoms with van der Waals surface area (Å²) in [6.45, 7) is 4.51. The second-order valence-corrected chi connectivity index (χ2v) is 9.42. The summed E-state index contributed by atoms with van der Waals surface area (Å²) in [6, 6.07) is 9.26. The first kappa shape index (κ1) is 20.0. The van der Waals surface area contributed by atoms with Crippen LogP contribution in [0.2, 0.25) is 0 Å². The number of carbonyl (C=O) groups is 3. The number of fused-ring (bicyclic) bond motifs is 7. The number of carbonyl (C=O) groups excluding carboxylic acids is 3. The lowest BCUT2D eigenvalue weighted by Gasteiger charge is -2.36. The van der Waals surface area contributed by atoms with Gasteiger partial charge in [-0.05, 0) is 44.9 Å². The summed E-state index contributed by atoms with van der Waals surface area (Å²) in [5.74, 6) is -2.67. The number of hydrogen-bond acceptors (Lipinski definition) is 6. The number of nitrogens with one attached hydrogen (secondary N) is 1. The number of hydrogen-bond donors (Lipinski definition) is 1. The summed E-state index contributed by atoms with van der Waals surface area (Å²) in [5.41, 5.74) is 2.10. The Morgan fingerprint density at radius 3 is 2.67 bits per heavy atom. The van der Waals surface area contributed by atoms with Crippen LogP contribution in [0.25, 0.3) is 0 Å². The quantitative estimate of drug-likeness (QED) is 0.431. The molecule has 4 aliphatic rings. The number of benzene rings is 2. The minimum absolute atomic E-state index is 0.173. The molecule has 9 nitrogen and oxygen atoms in total. The third kappa shape index (κ3) is 2.32. The molecular weight excluding hydrogens is 424 g/mol. The third-order valence-electron chi connectivity index (χ3n) is 7.74. The van der Waals surface area contributed by atoms with E-state index in [1.807, 2.05) is 26.0 Å². The minimum Gasteiger partial charge on any atom is -0.324 e. The van der Waals surface area contributed by atoms with Gasteiger partial charge in [0.1, 0.15) is 5.54 Å². The van der Waals surface area contributed by atoms with Crippen LogP contribution in [0.3, 0.4) is 0 Å². The van der Waals surface area contributed by atoms with Crippen molar-refractivity contribution in [1.29, 1.82) is 0 Å². The summed E-state index contributed by atoms with van der Waals surface area (Å²) >= 11 is 0. The maximum Gasteiger partial charge on any atom is 0.271 e. The van der Waals surface area contributed by atoms with E-state index in [9.17, 15) is 24.5 Å². The van der Waals surface area contributed by atoms with Crippen LogP contribution in [0.4, 0.5) is 17.1 Å². The van der Waals surface area contributed by atoms with Crippen molar-refractivity contribution in [2.45, 2.75) is 38.3 Å². The van der Waals surface area contributed by atoms with E-state index < -0.39 is 28.2 Å². The van der Waals surface area contributed by atoms with E-state index in [1.54, 1.807) is 0 Å². The Morgan fingerprint density at radius 1 is 1.12 bits per heavy atom. The molecule has 0 unspecified atom stereocenters. The van der Waals surface area contributed by atoms with Crippen LogP contribution in [0, 0.1) is 35.8 Å². The van der Waals surface area contributed by atoms with Crippen molar-refractivity contribution in [2.24, 2.45) is 11.8 Å². The second-order valence-electron chi connectivity index (χ2n) is 9.42. The topological polar surface area (TPSA) is 113 Å². The average molecular weight is 446 g/mol. The summed E-state index contributed by atoms with van der Waals surface area (Å²) in [6.07, 6.45) is 1.56. The van der Waals surface area contributed by atoms with Crippen molar-refractivity contribution in [2.75, 3.05) is 16.8 Å². The molecule has 3 fully saturated rings. The van der Waals surface area contributed by atoms with Gasteiger partial charge in [-0.3, -0.25) is 29.4 Å². The summed E-state index contributed by atoms with van der Waals surface area (Å²) < 4.78 is 0. The Morgan fingerprint density at radius 2 is 1.91 bits per heavy atom. The molecular formula is C24H22N4O5. The van der Waals surface area contributed by atoms with E-state index in [2.05, 4.69) is 10.2 Å². The maximum absolute atomic E-state index is 13.9. The van der Waals surface area contributed by atoms with Gasteiger partial charge >= 0.3 is 0 Å². The maximum atomic E-state index is 13.9. The Hall–Kier alpha value is -3.59. The Bertz CT molecular complexity index is 1290. The van der Waals surface area contributed by atoms with E-state index in [0.29, 0.717) is 12.2 Å². The van der Waals surface area contributed by atoms with Crippen LogP contribution in [0.5, 0.6) is 0 Å². The predicted octanol–water partition coefficient (Wildman–Crippen LogP) is 2.64. The Labute approximate surface area is 189 Å². The number of imide groups is 1. The van der Waals surface area contributed by atoms with E-state index in [4.69, 9.17) is 0 Å². The van der Waals surface area contributed by atoms with E-state index in [-0.39, 0.29) is 29.2 Å². The number of rotatable bonds is 2. The molecule has 9 heteroatoms. The van der Waals surface area contributed by atoms with Crippen molar-refractivity contribution in [3.8, 4) is 0 Å². The number of amides is 3. The highest BCUT2D eigenvalue weighted by Crippen LogP contribution is 2.61. The van der Waals surface area contributed by atoms with Gasteiger partial charge in [0.25, 0.3) is 5.69 Å². The van der Waals surface area contributed by atoms with Gasteiger partial charge in [-0.15, -0.1) is 0 Å². The number of non-ortho nitro benzene ring substituents is 1. The van der Waals surface area contributed by atoms with Crippen molar-refractivity contribution in [1.82, 2.24) is 4.90 Å². The Balaban J connectivity index is 1.55. The normalized spacial score (nSPS) is 30.1. The predicted molar refractivity (Wildman–Crippen MR) is 119 cm³/mol. The van der Waals surface area contributed by atoms with Crippen LogP contribution in [0.1, 0.15) is 29.5 Å². The molecule has 3 amide bonds. The standard InChI is InChI=1S/C24H22N4O5/c1-12-9-13(2)20-16(10-12)24(23(31)25-20)19-18(17-7-4-8-26(17)24)21(29)27(22(19)30)14-5-3-6-15(11-14)28(32)33/h3,5-6,9-11,17-19H,4,7-8H2,1-2H3,(H,25,31)/t17-,18+,19+,24-/m1/s1. The molecule has 1 spiro atoms. The molecule has 0 radical (unpaired) electrons. The number of aryl methyl sites for hydroxylation is 2. The summed E-state index contributed by atoms with van der Waals surface area (Å²) in [5, 5.41) is 14.3. The molecule has 4 atom stereocenters. The monoisotopic (exact) mass is 446 g/mol. The van der Waals surface area contributed by atoms with Gasteiger partial charge in [0, 0.05) is 29.4 Å². The minimum atomic E-state index is -1.25. The first-order valence-electron chi connectivity index (χ1n) is 11.1. The fraction of sp³-hybridized carbons (Fsp3) is 0.375. The van der Waals surface area contributed by atoms with Crippen molar-refractivity contribution < 1.29 is 19.3 Å². The fourth-order valence-corrected chi connectivity index (χ4v) is 6.66. The fourth-order valence-electron chi connectivity index (χ4n) is 6.66. The number of nitrogens with zero attached hydrogens (tertiary/aromatic N) is 3. The lowest BCUT2D eigenvalue weighted by Crippen LogP contribution is -2.54. The van der Waals surface area contributed by atoms with Gasteiger partial charge in [-0.2, -0.15) is 0 Å². The molecule has 1 N–H and O–H groups in total. The van der Waals surface area contributed by atoms with Crippen molar-refractivity contribution in [3.63, 3.8) is 0 Å². The zero-order valence-corrected chi connectivity index (χ0v) is 18.2. The molecule has 3 saturated heterocycles. The molecule has 0 aliphatic carbocycles. The molecule has 4 aliphatic heterocycles. The van der Waals surface area contributed by atoms with Crippen LogP contribution in [-0.4, -0.2) is 40.1 Å². The molecule has 2 aromatic rings. The highest BCUT2D eigenvalue weighted by atomic mass is 16.6. The molecule has 6 rings (SSSR count). The van der Waals surface area contributed by atoms with Crippen LogP contribution in [-0.2, 0) is 19.9 Å². The summed E-state index contributed by atoms with van der Waals surface area (Å²) in [4.78, 5) is 55.2. The molecule has 0 bridgehead atoms. The van der Waals surface area contributed by atoms with Gasteiger partial charge in [-0.1, -0.05) is 23.8 Å². The van der Waals surface area contributed by atoms with Crippen molar-refractivity contribution in [3.05, 3.63) is 63.2 Å². The molecule has 33 heavy (non-hydrogen) atoms. The van der Waals surface area contributed by atoms with E-state index >= 15 is 0 Å². The third-order valence-corrected chi connectivity index (χ3v) is 7.74. The average Bonchev–Trinajstić information content (AvgIpc) is 3.47. The zero-order chi connectivity index (χ0) is 23.2. The van der Waals surface area contributed by atoms with E-state index in [1.165, 1.54) is 24.3 Å². The van der Waals surface area contributed by atoms with Gasteiger partial charge in [-0.25, -0.2) is 4.90 Å². The van der Waals surface area contributed by atoms with E-state index in [0.717, 1.165) is 34.4 Å². The van der Waals surface area contributed by atoms with Gasteiger partial charge < -0.3 is 5.32 Å². The molecule has 2 aromatic carbocycles.